The van der Waals surface area contributed by atoms with Crippen LogP contribution in [0, 0.1) is 0 Å². The van der Waals surface area contributed by atoms with E-state index in [4.69, 9.17) is 4.74 Å². The highest BCUT2D eigenvalue weighted by molar-refractivity contribution is 6.04. The zero-order valence-electron chi connectivity index (χ0n) is 15.3. The maximum absolute atomic E-state index is 12.5. The van der Waals surface area contributed by atoms with Gasteiger partial charge in [0.1, 0.15) is 12.4 Å². The van der Waals surface area contributed by atoms with Crippen molar-refractivity contribution in [3.63, 3.8) is 0 Å². The van der Waals surface area contributed by atoms with Crippen LogP contribution in [0.25, 0.3) is 5.69 Å². The lowest BCUT2D eigenvalue weighted by molar-refractivity contribution is 0.102. The molecule has 0 bridgehead atoms. The largest absolute Gasteiger partial charge is 0.489 e. The van der Waals surface area contributed by atoms with Crippen LogP contribution < -0.4 is 10.1 Å². The number of hydrogen-bond donors (Lipinski definition) is 1. The summed E-state index contributed by atoms with van der Waals surface area (Å²) in [6, 6.07) is 28.8. The first-order valence-corrected chi connectivity index (χ1v) is 9.09. The maximum atomic E-state index is 12.5. The number of benzene rings is 3. The van der Waals surface area contributed by atoms with Crippen molar-refractivity contribution in [2.75, 3.05) is 5.32 Å². The third-order valence-electron chi connectivity index (χ3n) is 4.39. The van der Waals surface area contributed by atoms with Crippen molar-refractivity contribution in [3.05, 3.63) is 115 Å². The van der Waals surface area contributed by atoms with Gasteiger partial charge in [-0.05, 0) is 66.2 Å². The SMILES string of the molecule is O=C(Nc1ccc(OCc2ccccc2)cc1)c1ccc(-n2cccc2)cc1. The first kappa shape index (κ1) is 17.6. The van der Waals surface area contributed by atoms with Crippen molar-refractivity contribution in [2.45, 2.75) is 6.61 Å². The zero-order valence-corrected chi connectivity index (χ0v) is 15.3. The summed E-state index contributed by atoms with van der Waals surface area (Å²) in [4.78, 5) is 12.5. The minimum atomic E-state index is -0.142. The van der Waals surface area contributed by atoms with Gasteiger partial charge >= 0.3 is 0 Å². The lowest BCUT2D eigenvalue weighted by Gasteiger charge is -2.09. The molecule has 4 aromatic rings. The Morgan fingerprint density at radius 3 is 2.14 bits per heavy atom. The fourth-order valence-corrected chi connectivity index (χ4v) is 2.87. The second-order valence-electron chi connectivity index (χ2n) is 6.39. The Kier molecular flexibility index (Phi) is 5.20. The first-order chi connectivity index (χ1) is 13.8. The third-order valence-corrected chi connectivity index (χ3v) is 4.39. The van der Waals surface area contributed by atoms with Gasteiger partial charge in [-0.15, -0.1) is 0 Å². The van der Waals surface area contributed by atoms with Crippen LogP contribution in [0.4, 0.5) is 5.69 Å². The number of carbonyl (C=O) groups is 1. The summed E-state index contributed by atoms with van der Waals surface area (Å²) < 4.78 is 7.77. The molecule has 3 aromatic carbocycles. The molecular formula is C24H20N2O2. The van der Waals surface area contributed by atoms with Crippen LogP contribution in [-0.4, -0.2) is 10.5 Å². The van der Waals surface area contributed by atoms with Crippen molar-refractivity contribution < 1.29 is 9.53 Å². The minimum Gasteiger partial charge on any atom is -0.489 e. The summed E-state index contributed by atoms with van der Waals surface area (Å²) in [5.41, 5.74) is 3.47. The van der Waals surface area contributed by atoms with E-state index in [1.54, 1.807) is 0 Å². The lowest BCUT2D eigenvalue weighted by atomic mass is 10.2. The molecule has 0 atom stereocenters. The number of ether oxygens (including phenoxy) is 1. The van der Waals surface area contributed by atoms with Gasteiger partial charge in [-0.3, -0.25) is 4.79 Å². The Bertz CT molecular complexity index is 1020. The summed E-state index contributed by atoms with van der Waals surface area (Å²) in [6.45, 7) is 0.514. The van der Waals surface area contributed by atoms with Gasteiger partial charge in [0.25, 0.3) is 5.91 Å². The van der Waals surface area contributed by atoms with E-state index in [1.165, 1.54) is 0 Å². The molecule has 0 aliphatic rings. The number of nitrogens with zero attached hydrogens (tertiary/aromatic N) is 1. The van der Waals surface area contributed by atoms with Crippen molar-refractivity contribution in [3.8, 4) is 11.4 Å². The van der Waals surface area contributed by atoms with E-state index in [0.717, 1.165) is 22.7 Å². The molecule has 0 saturated heterocycles. The summed E-state index contributed by atoms with van der Waals surface area (Å²) in [6.07, 6.45) is 3.94. The molecule has 28 heavy (non-hydrogen) atoms. The highest BCUT2D eigenvalue weighted by Crippen LogP contribution is 2.18. The Hall–Kier alpha value is -3.79. The average Bonchev–Trinajstić information content (AvgIpc) is 3.29. The molecule has 0 spiro atoms. The highest BCUT2D eigenvalue weighted by atomic mass is 16.5. The summed E-state index contributed by atoms with van der Waals surface area (Å²) in [7, 11) is 0. The van der Waals surface area contributed by atoms with Gasteiger partial charge in [-0.2, -0.15) is 0 Å². The molecule has 4 heteroatoms. The number of nitrogens with one attached hydrogen (secondary N) is 1. The minimum absolute atomic E-state index is 0.142. The summed E-state index contributed by atoms with van der Waals surface area (Å²) in [5.74, 6) is 0.620. The molecule has 0 radical (unpaired) electrons. The number of carbonyl (C=O) groups excluding carboxylic acids is 1. The van der Waals surface area contributed by atoms with Crippen molar-refractivity contribution in [1.82, 2.24) is 4.57 Å². The summed E-state index contributed by atoms with van der Waals surface area (Å²) in [5, 5.41) is 2.91. The van der Waals surface area contributed by atoms with Gasteiger partial charge in [0.2, 0.25) is 0 Å². The zero-order chi connectivity index (χ0) is 19.2. The van der Waals surface area contributed by atoms with E-state index in [9.17, 15) is 4.79 Å². The molecule has 0 aliphatic heterocycles. The molecule has 0 fully saturated rings. The molecule has 0 saturated carbocycles. The van der Waals surface area contributed by atoms with E-state index in [2.05, 4.69) is 5.32 Å². The monoisotopic (exact) mass is 368 g/mol. The van der Waals surface area contributed by atoms with Gasteiger partial charge in [0.05, 0.1) is 0 Å². The number of aromatic nitrogens is 1. The second kappa shape index (κ2) is 8.27. The van der Waals surface area contributed by atoms with Crippen LogP contribution in [0.5, 0.6) is 5.75 Å². The third kappa shape index (κ3) is 4.30. The molecule has 4 rings (SSSR count). The highest BCUT2D eigenvalue weighted by Gasteiger charge is 2.07. The van der Waals surface area contributed by atoms with Gasteiger partial charge < -0.3 is 14.6 Å². The number of hydrogen-bond acceptors (Lipinski definition) is 2. The van der Waals surface area contributed by atoms with Gasteiger partial charge in [0, 0.05) is 29.3 Å². The fraction of sp³-hybridized carbons (Fsp3) is 0.0417. The predicted molar refractivity (Wildman–Crippen MR) is 111 cm³/mol. The van der Waals surface area contributed by atoms with Gasteiger partial charge in [-0.1, -0.05) is 30.3 Å². The second-order valence-corrected chi connectivity index (χ2v) is 6.39. The number of rotatable bonds is 6. The Morgan fingerprint density at radius 2 is 1.46 bits per heavy atom. The summed E-state index contributed by atoms with van der Waals surface area (Å²) >= 11 is 0. The predicted octanol–water partition coefficient (Wildman–Crippen LogP) is 5.31. The molecule has 4 nitrogen and oxygen atoms in total. The van der Waals surface area contributed by atoms with E-state index in [1.807, 2.05) is 108 Å². The van der Waals surface area contributed by atoms with Gasteiger partial charge in [-0.25, -0.2) is 0 Å². The molecule has 1 aromatic heterocycles. The van der Waals surface area contributed by atoms with Crippen LogP contribution in [0.3, 0.4) is 0 Å². The molecule has 1 amide bonds. The maximum Gasteiger partial charge on any atom is 0.255 e. The molecule has 0 aliphatic carbocycles. The van der Waals surface area contributed by atoms with Crippen LogP contribution in [0.15, 0.2) is 103 Å². The van der Waals surface area contributed by atoms with Crippen LogP contribution in [-0.2, 0) is 6.61 Å². The van der Waals surface area contributed by atoms with Gasteiger partial charge in [0.15, 0.2) is 0 Å². The van der Waals surface area contributed by atoms with Crippen LogP contribution >= 0.6 is 0 Å². The molecule has 0 unspecified atom stereocenters. The quantitative estimate of drug-likeness (QED) is 0.501. The van der Waals surface area contributed by atoms with E-state index in [-0.39, 0.29) is 5.91 Å². The standard InChI is InChI=1S/C24H20N2O2/c27-24(20-8-12-22(13-9-20)26-16-4-5-17-26)25-21-10-14-23(15-11-21)28-18-19-6-2-1-3-7-19/h1-17H,18H2,(H,25,27). The van der Waals surface area contributed by atoms with Crippen molar-refractivity contribution >= 4 is 11.6 Å². The van der Waals surface area contributed by atoms with E-state index >= 15 is 0 Å². The Morgan fingerprint density at radius 1 is 0.786 bits per heavy atom. The van der Waals surface area contributed by atoms with Crippen molar-refractivity contribution in [2.24, 2.45) is 0 Å². The molecule has 1 N–H and O–H groups in total. The first-order valence-electron chi connectivity index (χ1n) is 9.09. The molecular weight excluding hydrogens is 348 g/mol. The fourth-order valence-electron chi connectivity index (χ4n) is 2.87. The van der Waals surface area contributed by atoms with Crippen LogP contribution in [0.1, 0.15) is 15.9 Å². The lowest BCUT2D eigenvalue weighted by Crippen LogP contribution is -2.11. The molecule has 1 heterocycles. The number of amides is 1. The Balaban J connectivity index is 1.35. The topological polar surface area (TPSA) is 43.3 Å². The Labute approximate surface area is 164 Å². The number of anilines is 1. The smallest absolute Gasteiger partial charge is 0.255 e. The van der Waals surface area contributed by atoms with Crippen molar-refractivity contribution in [1.29, 1.82) is 0 Å². The van der Waals surface area contributed by atoms with E-state index in [0.29, 0.717) is 12.2 Å². The van der Waals surface area contributed by atoms with E-state index < -0.39 is 0 Å². The normalized spacial score (nSPS) is 10.4. The van der Waals surface area contributed by atoms with Crippen LogP contribution in [0.2, 0.25) is 0 Å². The molecule has 138 valence electrons. The average molecular weight is 368 g/mol.